The summed E-state index contributed by atoms with van der Waals surface area (Å²) in [6.45, 7) is 10.0. The molecule has 0 saturated heterocycles. The highest BCUT2D eigenvalue weighted by molar-refractivity contribution is 4.88. The summed E-state index contributed by atoms with van der Waals surface area (Å²) in [4.78, 5) is 2.35. The van der Waals surface area contributed by atoms with Gasteiger partial charge in [-0.05, 0) is 31.3 Å². The second kappa shape index (κ2) is 5.48. The maximum absolute atomic E-state index is 10.4. The van der Waals surface area contributed by atoms with Gasteiger partial charge >= 0.3 is 0 Å². The number of nitrogens with two attached hydrogens (primary N) is 1. The van der Waals surface area contributed by atoms with Crippen LogP contribution in [-0.2, 0) is 0 Å². The van der Waals surface area contributed by atoms with E-state index < -0.39 is 5.60 Å². The van der Waals surface area contributed by atoms with Crippen LogP contribution in [0.15, 0.2) is 0 Å². The minimum atomic E-state index is -0.430. The van der Waals surface area contributed by atoms with E-state index in [1.807, 2.05) is 0 Å². The molecule has 0 aromatic rings. The summed E-state index contributed by atoms with van der Waals surface area (Å²) in [6, 6.07) is 0. The Morgan fingerprint density at radius 2 is 1.88 bits per heavy atom. The van der Waals surface area contributed by atoms with Crippen molar-refractivity contribution < 1.29 is 5.11 Å². The molecule has 0 bridgehead atoms. The fourth-order valence-corrected chi connectivity index (χ4v) is 2.56. The van der Waals surface area contributed by atoms with Crippen LogP contribution in [0, 0.1) is 5.41 Å². The number of rotatable bonds is 6. The molecule has 0 spiro atoms. The molecule has 3 heteroatoms. The minimum absolute atomic E-state index is 0.144. The van der Waals surface area contributed by atoms with E-state index in [0.717, 1.165) is 32.5 Å². The van der Waals surface area contributed by atoms with Crippen molar-refractivity contribution in [3.8, 4) is 0 Å². The van der Waals surface area contributed by atoms with Gasteiger partial charge in [0.2, 0.25) is 0 Å². The van der Waals surface area contributed by atoms with Gasteiger partial charge in [-0.25, -0.2) is 0 Å². The third-order valence-electron chi connectivity index (χ3n) is 3.70. The predicted molar refractivity (Wildman–Crippen MR) is 68.4 cm³/mol. The van der Waals surface area contributed by atoms with E-state index in [1.54, 1.807) is 0 Å². The molecule has 16 heavy (non-hydrogen) atoms. The predicted octanol–water partition coefficient (Wildman–Crippen LogP) is 1.60. The van der Waals surface area contributed by atoms with Crippen LogP contribution < -0.4 is 5.73 Å². The molecule has 1 fully saturated rings. The standard InChI is InChI=1S/C13H28N2O/c1-4-15(10-12(2,3)9-14)11-13(16)7-5-6-8-13/h16H,4-11,14H2,1-3H3. The van der Waals surface area contributed by atoms with Crippen LogP contribution in [0.4, 0.5) is 0 Å². The lowest BCUT2D eigenvalue weighted by Crippen LogP contribution is -2.46. The monoisotopic (exact) mass is 228 g/mol. The van der Waals surface area contributed by atoms with Crippen LogP contribution in [0.25, 0.3) is 0 Å². The molecule has 96 valence electrons. The smallest absolute Gasteiger partial charge is 0.0774 e. The van der Waals surface area contributed by atoms with Crippen LogP contribution in [0.5, 0.6) is 0 Å². The highest BCUT2D eigenvalue weighted by Gasteiger charge is 2.33. The molecule has 0 amide bonds. The third kappa shape index (κ3) is 4.04. The van der Waals surface area contributed by atoms with E-state index in [0.29, 0.717) is 6.54 Å². The molecule has 1 aliphatic rings. The molecule has 0 aromatic heterocycles. The molecular weight excluding hydrogens is 200 g/mol. The number of nitrogens with zero attached hydrogens (tertiary/aromatic N) is 1. The number of hydrogen-bond donors (Lipinski definition) is 2. The van der Waals surface area contributed by atoms with Gasteiger partial charge in [0.05, 0.1) is 5.60 Å². The molecule has 0 aromatic carbocycles. The van der Waals surface area contributed by atoms with Crippen molar-refractivity contribution >= 4 is 0 Å². The number of likely N-dealkylation sites (N-methyl/N-ethyl adjacent to an activating group) is 1. The van der Waals surface area contributed by atoms with Crippen LogP contribution in [-0.4, -0.2) is 41.8 Å². The van der Waals surface area contributed by atoms with Gasteiger partial charge in [0, 0.05) is 13.1 Å². The van der Waals surface area contributed by atoms with Crippen molar-refractivity contribution in [1.29, 1.82) is 0 Å². The van der Waals surface area contributed by atoms with Crippen LogP contribution >= 0.6 is 0 Å². The van der Waals surface area contributed by atoms with Crippen molar-refractivity contribution in [2.45, 2.75) is 52.1 Å². The van der Waals surface area contributed by atoms with Gasteiger partial charge in [-0.1, -0.05) is 33.6 Å². The minimum Gasteiger partial charge on any atom is -0.389 e. The zero-order chi connectivity index (χ0) is 12.2. The first-order valence-corrected chi connectivity index (χ1v) is 6.56. The Kier molecular flexibility index (Phi) is 4.77. The summed E-state index contributed by atoms with van der Waals surface area (Å²) < 4.78 is 0. The quantitative estimate of drug-likeness (QED) is 0.726. The van der Waals surface area contributed by atoms with Gasteiger partial charge < -0.3 is 15.7 Å². The number of hydrogen-bond acceptors (Lipinski definition) is 3. The van der Waals surface area contributed by atoms with Crippen molar-refractivity contribution in [2.24, 2.45) is 11.1 Å². The lowest BCUT2D eigenvalue weighted by molar-refractivity contribution is 0.00209. The Hall–Kier alpha value is -0.120. The Bertz CT molecular complexity index is 210. The summed E-state index contributed by atoms with van der Waals surface area (Å²) in [5, 5.41) is 10.4. The van der Waals surface area contributed by atoms with Gasteiger partial charge in [0.15, 0.2) is 0 Å². The van der Waals surface area contributed by atoms with Gasteiger partial charge in [-0.3, -0.25) is 0 Å². The summed E-state index contributed by atoms with van der Waals surface area (Å²) in [5.74, 6) is 0. The van der Waals surface area contributed by atoms with Gasteiger partial charge in [-0.2, -0.15) is 0 Å². The van der Waals surface area contributed by atoms with Crippen LogP contribution in [0.3, 0.4) is 0 Å². The molecule has 1 saturated carbocycles. The zero-order valence-electron chi connectivity index (χ0n) is 11.1. The Labute approximate surface area is 100 Å². The lowest BCUT2D eigenvalue weighted by Gasteiger charge is -2.35. The molecule has 1 rings (SSSR count). The number of aliphatic hydroxyl groups is 1. The normalized spacial score (nSPS) is 20.6. The van der Waals surface area contributed by atoms with E-state index in [9.17, 15) is 5.11 Å². The van der Waals surface area contributed by atoms with E-state index >= 15 is 0 Å². The second-order valence-electron chi connectivity index (χ2n) is 6.10. The average molecular weight is 228 g/mol. The highest BCUT2D eigenvalue weighted by atomic mass is 16.3. The van der Waals surface area contributed by atoms with Crippen LogP contribution in [0.1, 0.15) is 46.5 Å². The summed E-state index contributed by atoms with van der Waals surface area (Å²) >= 11 is 0. The molecule has 1 aliphatic carbocycles. The van der Waals surface area contributed by atoms with Gasteiger partial charge in [-0.15, -0.1) is 0 Å². The molecule has 0 radical (unpaired) electrons. The van der Waals surface area contributed by atoms with Crippen molar-refractivity contribution in [3.05, 3.63) is 0 Å². The molecule has 3 nitrogen and oxygen atoms in total. The van der Waals surface area contributed by atoms with E-state index in [-0.39, 0.29) is 5.41 Å². The largest absolute Gasteiger partial charge is 0.389 e. The van der Waals surface area contributed by atoms with Gasteiger partial charge in [0.25, 0.3) is 0 Å². The Balaban J connectivity index is 2.48. The van der Waals surface area contributed by atoms with Crippen LogP contribution in [0.2, 0.25) is 0 Å². The van der Waals surface area contributed by atoms with Gasteiger partial charge in [0.1, 0.15) is 0 Å². The summed E-state index contributed by atoms with van der Waals surface area (Å²) in [5.41, 5.74) is 5.48. The lowest BCUT2D eigenvalue weighted by atomic mass is 9.92. The SMILES string of the molecule is CCN(CC(C)(C)CN)CC1(O)CCCC1. The second-order valence-corrected chi connectivity index (χ2v) is 6.10. The first-order valence-electron chi connectivity index (χ1n) is 6.56. The molecule has 0 atom stereocenters. The van der Waals surface area contributed by atoms with E-state index in [1.165, 1.54) is 12.8 Å². The first kappa shape index (κ1) is 13.9. The topological polar surface area (TPSA) is 49.5 Å². The van der Waals surface area contributed by atoms with Crippen molar-refractivity contribution in [2.75, 3.05) is 26.2 Å². The maximum Gasteiger partial charge on any atom is 0.0774 e. The van der Waals surface area contributed by atoms with E-state index in [2.05, 4.69) is 25.7 Å². The molecule has 0 aliphatic heterocycles. The average Bonchev–Trinajstić information content (AvgIpc) is 2.64. The van der Waals surface area contributed by atoms with Crippen molar-refractivity contribution in [1.82, 2.24) is 4.90 Å². The van der Waals surface area contributed by atoms with Crippen molar-refractivity contribution in [3.63, 3.8) is 0 Å². The molecular formula is C13H28N2O. The molecule has 3 N–H and O–H groups in total. The fourth-order valence-electron chi connectivity index (χ4n) is 2.56. The summed E-state index contributed by atoms with van der Waals surface area (Å²) in [7, 11) is 0. The highest BCUT2D eigenvalue weighted by Crippen LogP contribution is 2.30. The van der Waals surface area contributed by atoms with E-state index in [4.69, 9.17) is 5.73 Å². The Morgan fingerprint density at radius 1 is 1.31 bits per heavy atom. The molecule has 0 heterocycles. The molecule has 0 unspecified atom stereocenters. The first-order chi connectivity index (χ1) is 7.41. The third-order valence-corrected chi connectivity index (χ3v) is 3.70. The maximum atomic E-state index is 10.4. The zero-order valence-corrected chi connectivity index (χ0v) is 11.1. The Morgan fingerprint density at radius 3 is 2.31 bits per heavy atom. The summed E-state index contributed by atoms with van der Waals surface area (Å²) in [6.07, 6.45) is 4.28. The fraction of sp³-hybridized carbons (Fsp3) is 1.00.